The van der Waals surface area contributed by atoms with Crippen LogP contribution in [0.2, 0.25) is 0 Å². The molecule has 2 rings (SSSR count). The number of carbonyl (C=O) groups excluding carboxylic acids is 1. The fourth-order valence-corrected chi connectivity index (χ4v) is 3.36. The topological polar surface area (TPSA) is 50.4 Å². The Morgan fingerprint density at radius 2 is 2.10 bits per heavy atom. The van der Waals surface area contributed by atoms with E-state index < -0.39 is 0 Å². The Morgan fingerprint density at radius 1 is 1.35 bits per heavy atom. The molecule has 4 nitrogen and oxygen atoms in total. The lowest BCUT2D eigenvalue weighted by Crippen LogP contribution is -2.34. The molecule has 0 radical (unpaired) electrons. The molecule has 1 aliphatic heterocycles. The number of thioether (sulfide) groups is 1. The molecule has 1 saturated heterocycles. The highest BCUT2D eigenvalue weighted by Crippen LogP contribution is 2.23. The molecular formula is C15H22N2O2S. The molecule has 0 aromatic heterocycles. The molecular weight excluding hydrogens is 272 g/mol. The third-order valence-corrected chi connectivity index (χ3v) is 4.44. The van der Waals surface area contributed by atoms with Crippen molar-refractivity contribution in [2.24, 2.45) is 0 Å². The number of carbonyl (C=O) groups is 1. The average molecular weight is 294 g/mol. The largest absolute Gasteiger partial charge is 0.495 e. The van der Waals surface area contributed by atoms with E-state index in [0.717, 1.165) is 12.2 Å². The second kappa shape index (κ2) is 8.17. The average Bonchev–Trinajstić information content (AvgIpc) is 2.49. The molecule has 1 aliphatic rings. The minimum Gasteiger partial charge on any atom is -0.495 e. The van der Waals surface area contributed by atoms with Crippen molar-refractivity contribution in [2.75, 3.05) is 30.5 Å². The molecule has 0 spiro atoms. The second-order valence-corrected chi connectivity index (χ2v) is 6.06. The number of methoxy groups -OCH3 is 1. The highest BCUT2D eigenvalue weighted by Gasteiger charge is 2.13. The van der Waals surface area contributed by atoms with Crippen LogP contribution in [-0.4, -0.2) is 37.1 Å². The maximum Gasteiger partial charge on any atom is 0.225 e. The Balaban J connectivity index is 1.72. The first-order valence-corrected chi connectivity index (χ1v) is 8.19. The van der Waals surface area contributed by atoms with Gasteiger partial charge in [0, 0.05) is 19.0 Å². The minimum absolute atomic E-state index is 0.0205. The molecule has 20 heavy (non-hydrogen) atoms. The summed E-state index contributed by atoms with van der Waals surface area (Å²) >= 11 is 2.01. The van der Waals surface area contributed by atoms with E-state index in [1.165, 1.54) is 24.3 Å². The van der Waals surface area contributed by atoms with E-state index in [1.54, 1.807) is 7.11 Å². The Morgan fingerprint density at radius 3 is 2.85 bits per heavy atom. The van der Waals surface area contributed by atoms with E-state index in [9.17, 15) is 4.79 Å². The summed E-state index contributed by atoms with van der Waals surface area (Å²) in [7, 11) is 1.60. The van der Waals surface area contributed by atoms with Crippen molar-refractivity contribution in [1.29, 1.82) is 0 Å². The quantitative estimate of drug-likeness (QED) is 0.846. The zero-order chi connectivity index (χ0) is 14.2. The zero-order valence-corrected chi connectivity index (χ0v) is 12.7. The minimum atomic E-state index is 0.0205. The van der Waals surface area contributed by atoms with Crippen LogP contribution in [0, 0.1) is 0 Å². The molecule has 1 fully saturated rings. The van der Waals surface area contributed by atoms with E-state index in [0.29, 0.717) is 18.2 Å². The highest BCUT2D eigenvalue weighted by molar-refractivity contribution is 7.99. The van der Waals surface area contributed by atoms with Crippen molar-refractivity contribution >= 4 is 23.4 Å². The number of hydrogen-bond acceptors (Lipinski definition) is 4. The van der Waals surface area contributed by atoms with Crippen LogP contribution in [0.3, 0.4) is 0 Å². The van der Waals surface area contributed by atoms with E-state index >= 15 is 0 Å². The van der Waals surface area contributed by atoms with E-state index in [1.807, 2.05) is 36.0 Å². The molecule has 1 aromatic rings. The lowest BCUT2D eigenvalue weighted by Gasteiger charge is -2.22. The fourth-order valence-electron chi connectivity index (χ4n) is 2.25. The molecule has 0 saturated carbocycles. The van der Waals surface area contributed by atoms with Crippen molar-refractivity contribution in [2.45, 2.75) is 25.3 Å². The van der Waals surface area contributed by atoms with Crippen LogP contribution >= 0.6 is 11.8 Å². The third kappa shape index (κ3) is 4.72. The fraction of sp³-hybridized carbons (Fsp3) is 0.533. The Bertz CT molecular complexity index is 434. The summed E-state index contributed by atoms with van der Waals surface area (Å²) in [5.41, 5.74) is 0.731. The van der Waals surface area contributed by atoms with Gasteiger partial charge in [0.2, 0.25) is 5.91 Å². The van der Waals surface area contributed by atoms with Gasteiger partial charge in [-0.15, -0.1) is 0 Å². The highest BCUT2D eigenvalue weighted by atomic mass is 32.2. The van der Waals surface area contributed by atoms with Crippen LogP contribution in [0.5, 0.6) is 5.75 Å². The molecule has 0 unspecified atom stereocenters. The SMILES string of the molecule is COc1ccccc1NC(=O)CCNC1CCSCC1. The van der Waals surface area contributed by atoms with Crippen LogP contribution in [0.25, 0.3) is 0 Å². The van der Waals surface area contributed by atoms with Gasteiger partial charge in [-0.1, -0.05) is 12.1 Å². The van der Waals surface area contributed by atoms with Gasteiger partial charge >= 0.3 is 0 Å². The number of hydrogen-bond donors (Lipinski definition) is 2. The number of amides is 1. The van der Waals surface area contributed by atoms with Crippen LogP contribution in [-0.2, 0) is 4.79 Å². The smallest absolute Gasteiger partial charge is 0.225 e. The van der Waals surface area contributed by atoms with Gasteiger partial charge in [-0.05, 0) is 36.5 Å². The first kappa shape index (κ1) is 15.2. The number of ether oxygens (including phenoxy) is 1. The predicted molar refractivity (Wildman–Crippen MR) is 84.6 cm³/mol. The molecule has 2 N–H and O–H groups in total. The van der Waals surface area contributed by atoms with Crippen LogP contribution in [0.15, 0.2) is 24.3 Å². The summed E-state index contributed by atoms with van der Waals surface area (Å²) in [6.07, 6.45) is 2.90. The van der Waals surface area contributed by atoms with Crippen LogP contribution < -0.4 is 15.4 Å². The summed E-state index contributed by atoms with van der Waals surface area (Å²) in [5.74, 6) is 3.17. The first-order valence-electron chi connectivity index (χ1n) is 7.03. The van der Waals surface area contributed by atoms with Crippen molar-refractivity contribution in [3.63, 3.8) is 0 Å². The summed E-state index contributed by atoms with van der Waals surface area (Å²) in [6, 6.07) is 8.04. The zero-order valence-electron chi connectivity index (χ0n) is 11.9. The Labute approximate surface area is 124 Å². The van der Waals surface area contributed by atoms with Gasteiger partial charge < -0.3 is 15.4 Å². The van der Waals surface area contributed by atoms with E-state index in [4.69, 9.17) is 4.74 Å². The molecule has 0 aliphatic carbocycles. The third-order valence-electron chi connectivity index (χ3n) is 3.39. The molecule has 5 heteroatoms. The molecule has 1 heterocycles. The molecule has 1 amide bonds. The number of para-hydroxylation sites is 2. The lowest BCUT2D eigenvalue weighted by molar-refractivity contribution is -0.116. The van der Waals surface area contributed by atoms with Gasteiger partial charge in [-0.25, -0.2) is 0 Å². The van der Waals surface area contributed by atoms with Crippen molar-refractivity contribution < 1.29 is 9.53 Å². The summed E-state index contributed by atoms with van der Waals surface area (Å²) in [5, 5.41) is 6.35. The van der Waals surface area contributed by atoms with Crippen LogP contribution in [0.4, 0.5) is 5.69 Å². The van der Waals surface area contributed by atoms with E-state index in [2.05, 4.69) is 10.6 Å². The normalized spacial score (nSPS) is 15.8. The predicted octanol–water partition coefficient (Wildman–Crippen LogP) is 2.51. The monoisotopic (exact) mass is 294 g/mol. The standard InChI is InChI=1S/C15H22N2O2S/c1-19-14-5-3-2-4-13(14)17-15(18)6-9-16-12-7-10-20-11-8-12/h2-5,12,16H,6-11H2,1H3,(H,17,18). The number of rotatable bonds is 6. The second-order valence-electron chi connectivity index (χ2n) is 4.84. The van der Waals surface area contributed by atoms with Gasteiger partial charge in [0.1, 0.15) is 5.75 Å². The maximum atomic E-state index is 11.9. The molecule has 110 valence electrons. The van der Waals surface area contributed by atoms with Gasteiger partial charge in [0.25, 0.3) is 0 Å². The van der Waals surface area contributed by atoms with Gasteiger partial charge in [-0.2, -0.15) is 11.8 Å². The molecule has 0 atom stereocenters. The number of nitrogens with one attached hydrogen (secondary N) is 2. The number of anilines is 1. The summed E-state index contributed by atoms with van der Waals surface area (Å²) in [6.45, 7) is 0.732. The number of benzene rings is 1. The molecule has 0 bridgehead atoms. The van der Waals surface area contributed by atoms with Gasteiger partial charge in [-0.3, -0.25) is 4.79 Å². The van der Waals surface area contributed by atoms with Crippen LogP contribution in [0.1, 0.15) is 19.3 Å². The Hall–Kier alpha value is -1.20. The van der Waals surface area contributed by atoms with Crippen molar-refractivity contribution in [3.05, 3.63) is 24.3 Å². The Kier molecular flexibility index (Phi) is 6.21. The lowest BCUT2D eigenvalue weighted by atomic mass is 10.1. The van der Waals surface area contributed by atoms with Crippen molar-refractivity contribution in [3.8, 4) is 5.75 Å². The summed E-state index contributed by atoms with van der Waals surface area (Å²) in [4.78, 5) is 11.9. The van der Waals surface area contributed by atoms with Gasteiger partial charge in [0.15, 0.2) is 0 Å². The summed E-state index contributed by atoms with van der Waals surface area (Å²) < 4.78 is 5.21. The van der Waals surface area contributed by atoms with E-state index in [-0.39, 0.29) is 5.91 Å². The maximum absolute atomic E-state index is 11.9. The molecule has 1 aromatic carbocycles. The van der Waals surface area contributed by atoms with Crippen molar-refractivity contribution in [1.82, 2.24) is 5.32 Å². The first-order chi connectivity index (χ1) is 9.79. The van der Waals surface area contributed by atoms with Gasteiger partial charge in [0.05, 0.1) is 12.8 Å².